The molecule has 6 heteroatoms. The number of nitrogens with one attached hydrogen (secondary N) is 1. The fourth-order valence-corrected chi connectivity index (χ4v) is 2.61. The van der Waals surface area contributed by atoms with Crippen molar-refractivity contribution >= 4 is 17.4 Å². The number of carbonyl (C=O) groups is 1. The van der Waals surface area contributed by atoms with Crippen molar-refractivity contribution in [3.8, 4) is 5.75 Å². The molecule has 1 unspecified atom stereocenters. The highest BCUT2D eigenvalue weighted by Gasteiger charge is 2.29. The second-order valence-corrected chi connectivity index (χ2v) is 4.90. The lowest BCUT2D eigenvalue weighted by Gasteiger charge is -2.28. The van der Waals surface area contributed by atoms with E-state index in [1.807, 2.05) is 31.2 Å². The monoisotopic (exact) mass is 284 g/mol. The van der Waals surface area contributed by atoms with E-state index >= 15 is 0 Å². The van der Waals surface area contributed by atoms with Gasteiger partial charge in [0.2, 0.25) is 5.95 Å². The van der Waals surface area contributed by atoms with Crippen LogP contribution in [0.5, 0.6) is 5.75 Å². The van der Waals surface area contributed by atoms with Gasteiger partial charge in [-0.2, -0.15) is 10.1 Å². The molecule has 0 bridgehead atoms. The number of anilines is 1. The first-order valence-corrected chi connectivity index (χ1v) is 6.64. The van der Waals surface area contributed by atoms with Gasteiger partial charge in [-0.3, -0.25) is 4.79 Å². The largest absolute Gasteiger partial charge is 0.497 e. The zero-order chi connectivity index (χ0) is 15.0. The van der Waals surface area contributed by atoms with Gasteiger partial charge in [0.15, 0.2) is 5.78 Å². The van der Waals surface area contributed by atoms with Gasteiger partial charge < -0.3 is 10.1 Å². The van der Waals surface area contributed by atoms with Gasteiger partial charge in [0, 0.05) is 5.57 Å². The molecule has 2 aromatic rings. The van der Waals surface area contributed by atoms with E-state index in [4.69, 9.17) is 4.74 Å². The van der Waals surface area contributed by atoms with Gasteiger partial charge in [-0.05, 0) is 31.5 Å². The van der Waals surface area contributed by atoms with E-state index in [0.29, 0.717) is 11.5 Å². The van der Waals surface area contributed by atoms with Crippen LogP contribution >= 0.6 is 0 Å². The molecule has 1 aliphatic heterocycles. The van der Waals surface area contributed by atoms with Crippen LogP contribution in [0, 0.1) is 0 Å². The molecule has 21 heavy (non-hydrogen) atoms. The fourth-order valence-electron chi connectivity index (χ4n) is 2.61. The second-order valence-electron chi connectivity index (χ2n) is 4.90. The van der Waals surface area contributed by atoms with Gasteiger partial charge in [-0.15, -0.1) is 0 Å². The third-order valence-electron chi connectivity index (χ3n) is 3.65. The van der Waals surface area contributed by atoms with Crippen LogP contribution in [-0.2, 0) is 4.79 Å². The Morgan fingerprint density at radius 1 is 1.33 bits per heavy atom. The number of hydrogen-bond acceptors (Lipinski definition) is 5. The molecule has 1 aromatic heterocycles. The number of Topliss-reactive ketones (excluding diaryl/α,β-unsaturated/α-hetero) is 1. The minimum Gasteiger partial charge on any atom is -0.497 e. The SMILES string of the molecule is COc1ccc(C2Nc3ncnn3C(C)=C2C(C)=O)cc1. The molecule has 1 aromatic carbocycles. The van der Waals surface area contributed by atoms with E-state index in [9.17, 15) is 4.79 Å². The van der Waals surface area contributed by atoms with Crippen LogP contribution in [0.3, 0.4) is 0 Å². The summed E-state index contributed by atoms with van der Waals surface area (Å²) >= 11 is 0. The molecular formula is C15H16N4O2. The third kappa shape index (κ3) is 2.18. The van der Waals surface area contributed by atoms with Crippen LogP contribution in [0.25, 0.3) is 5.70 Å². The maximum Gasteiger partial charge on any atom is 0.226 e. The summed E-state index contributed by atoms with van der Waals surface area (Å²) in [5.74, 6) is 1.43. The molecule has 108 valence electrons. The summed E-state index contributed by atoms with van der Waals surface area (Å²) in [6.45, 7) is 3.45. The van der Waals surface area contributed by atoms with Crippen LogP contribution < -0.4 is 10.1 Å². The third-order valence-corrected chi connectivity index (χ3v) is 3.65. The Hall–Kier alpha value is -2.63. The summed E-state index contributed by atoms with van der Waals surface area (Å²) < 4.78 is 6.82. The number of allylic oxidation sites excluding steroid dienone is 1. The van der Waals surface area contributed by atoms with Crippen LogP contribution in [0.1, 0.15) is 25.5 Å². The Morgan fingerprint density at radius 3 is 2.67 bits per heavy atom. The van der Waals surface area contributed by atoms with Crippen molar-refractivity contribution in [2.45, 2.75) is 19.9 Å². The van der Waals surface area contributed by atoms with E-state index in [0.717, 1.165) is 17.0 Å². The molecule has 3 rings (SSSR count). The first-order chi connectivity index (χ1) is 10.1. The predicted octanol–water partition coefficient (Wildman–Crippen LogP) is 2.27. The predicted molar refractivity (Wildman–Crippen MR) is 79.0 cm³/mol. The number of methoxy groups -OCH3 is 1. The summed E-state index contributed by atoms with van der Waals surface area (Å²) in [6.07, 6.45) is 1.47. The van der Waals surface area contributed by atoms with Gasteiger partial charge in [-0.1, -0.05) is 12.1 Å². The second kappa shape index (κ2) is 5.05. The topological polar surface area (TPSA) is 69.0 Å². The Labute approximate surface area is 122 Å². The molecule has 6 nitrogen and oxygen atoms in total. The maximum absolute atomic E-state index is 12.1. The van der Waals surface area contributed by atoms with Crippen molar-refractivity contribution < 1.29 is 9.53 Å². The number of aromatic nitrogens is 3. The van der Waals surface area contributed by atoms with Crippen LogP contribution in [0.15, 0.2) is 36.2 Å². The summed E-state index contributed by atoms with van der Waals surface area (Å²) in [6, 6.07) is 7.41. The standard InChI is InChI=1S/C15H16N4O2/c1-9-13(10(2)20)14(18-15-16-8-17-19(9)15)11-4-6-12(21-3)7-5-11/h4-8,14H,1-3H3,(H,16,17,18). The van der Waals surface area contributed by atoms with E-state index in [-0.39, 0.29) is 11.8 Å². The van der Waals surface area contributed by atoms with Crippen molar-refractivity contribution in [2.24, 2.45) is 0 Å². The average molecular weight is 284 g/mol. The van der Waals surface area contributed by atoms with Crippen molar-refractivity contribution in [3.63, 3.8) is 0 Å². The lowest BCUT2D eigenvalue weighted by molar-refractivity contribution is -0.113. The number of fused-ring (bicyclic) bond motifs is 1. The molecule has 0 saturated heterocycles. The van der Waals surface area contributed by atoms with E-state index in [2.05, 4.69) is 15.4 Å². The summed E-state index contributed by atoms with van der Waals surface area (Å²) in [7, 11) is 1.63. The Morgan fingerprint density at radius 2 is 2.05 bits per heavy atom. The summed E-state index contributed by atoms with van der Waals surface area (Å²) in [4.78, 5) is 16.2. The molecule has 1 aliphatic rings. The molecule has 0 saturated carbocycles. The minimum atomic E-state index is -0.231. The van der Waals surface area contributed by atoms with Gasteiger partial charge in [0.25, 0.3) is 0 Å². The normalized spacial score (nSPS) is 17.2. The number of hydrogen-bond donors (Lipinski definition) is 1. The van der Waals surface area contributed by atoms with Crippen molar-refractivity contribution in [3.05, 3.63) is 41.7 Å². The van der Waals surface area contributed by atoms with E-state index in [1.165, 1.54) is 6.33 Å². The van der Waals surface area contributed by atoms with Gasteiger partial charge >= 0.3 is 0 Å². The first-order valence-electron chi connectivity index (χ1n) is 6.64. The summed E-state index contributed by atoms with van der Waals surface area (Å²) in [5.41, 5.74) is 2.47. The lowest BCUT2D eigenvalue weighted by atomic mass is 9.93. The molecule has 0 radical (unpaired) electrons. The highest BCUT2D eigenvalue weighted by molar-refractivity contribution is 6.01. The number of rotatable bonds is 3. The van der Waals surface area contributed by atoms with Crippen molar-refractivity contribution in [1.29, 1.82) is 0 Å². The molecule has 0 fully saturated rings. The smallest absolute Gasteiger partial charge is 0.226 e. The minimum absolute atomic E-state index is 0.0157. The van der Waals surface area contributed by atoms with Crippen LogP contribution in [-0.4, -0.2) is 27.7 Å². The Bertz CT molecular complexity index is 716. The van der Waals surface area contributed by atoms with Gasteiger partial charge in [-0.25, -0.2) is 4.68 Å². The van der Waals surface area contributed by atoms with Crippen molar-refractivity contribution in [1.82, 2.24) is 14.8 Å². The average Bonchev–Trinajstić information content (AvgIpc) is 2.95. The number of carbonyl (C=O) groups excluding carboxylic acids is 1. The highest BCUT2D eigenvalue weighted by atomic mass is 16.5. The van der Waals surface area contributed by atoms with E-state index in [1.54, 1.807) is 18.7 Å². The maximum atomic E-state index is 12.1. The lowest BCUT2D eigenvalue weighted by Crippen LogP contribution is -2.26. The molecule has 1 atom stereocenters. The molecular weight excluding hydrogens is 268 g/mol. The quantitative estimate of drug-likeness (QED) is 0.936. The van der Waals surface area contributed by atoms with Crippen molar-refractivity contribution in [2.75, 3.05) is 12.4 Å². The number of benzene rings is 1. The zero-order valence-electron chi connectivity index (χ0n) is 12.1. The molecule has 1 N–H and O–H groups in total. The molecule has 2 heterocycles. The zero-order valence-corrected chi connectivity index (χ0v) is 12.1. The first kappa shape index (κ1) is 13.4. The van der Waals surface area contributed by atoms with Gasteiger partial charge in [0.05, 0.1) is 18.8 Å². The number of ether oxygens (including phenoxy) is 1. The number of nitrogens with zero attached hydrogens (tertiary/aromatic N) is 3. The van der Waals surface area contributed by atoms with E-state index < -0.39 is 0 Å². The number of ketones is 1. The summed E-state index contributed by atoms with van der Waals surface area (Å²) in [5, 5.41) is 7.40. The Kier molecular flexibility index (Phi) is 3.21. The fraction of sp³-hybridized carbons (Fsp3) is 0.267. The van der Waals surface area contributed by atoms with Crippen LogP contribution in [0.2, 0.25) is 0 Å². The Balaban J connectivity index is 2.09. The highest BCUT2D eigenvalue weighted by Crippen LogP contribution is 2.35. The van der Waals surface area contributed by atoms with Gasteiger partial charge in [0.1, 0.15) is 12.1 Å². The molecule has 0 amide bonds. The molecule has 0 aliphatic carbocycles. The van der Waals surface area contributed by atoms with Crippen LogP contribution in [0.4, 0.5) is 5.95 Å². The molecule has 0 spiro atoms.